The van der Waals surface area contributed by atoms with Gasteiger partial charge in [0.2, 0.25) is 11.8 Å². The van der Waals surface area contributed by atoms with Crippen molar-refractivity contribution in [1.82, 2.24) is 10.6 Å². The highest BCUT2D eigenvalue weighted by Gasteiger charge is 2.25. The van der Waals surface area contributed by atoms with Crippen LogP contribution in [0.2, 0.25) is 0 Å². The molecule has 0 saturated heterocycles. The van der Waals surface area contributed by atoms with Crippen molar-refractivity contribution < 1.29 is 9.59 Å². The molecule has 110 valence electrons. The molecule has 0 radical (unpaired) electrons. The molecule has 1 aromatic heterocycles. The highest BCUT2D eigenvalue weighted by molar-refractivity contribution is 7.07. The Balaban J connectivity index is 1.67. The second kappa shape index (κ2) is 7.43. The molecule has 5 heteroatoms. The van der Waals surface area contributed by atoms with Crippen LogP contribution in [0.25, 0.3) is 0 Å². The Morgan fingerprint density at radius 3 is 2.80 bits per heavy atom. The summed E-state index contributed by atoms with van der Waals surface area (Å²) < 4.78 is 0. The van der Waals surface area contributed by atoms with Crippen molar-refractivity contribution in [3.63, 3.8) is 0 Å². The molecule has 0 bridgehead atoms. The summed E-state index contributed by atoms with van der Waals surface area (Å²) in [6.07, 6.45) is 4.99. The Hall–Kier alpha value is -1.36. The van der Waals surface area contributed by atoms with Gasteiger partial charge in [0.05, 0.1) is 0 Å². The fourth-order valence-corrected chi connectivity index (χ4v) is 3.21. The third-order valence-corrected chi connectivity index (χ3v) is 4.50. The number of carbonyl (C=O) groups excluding carboxylic acids is 2. The highest BCUT2D eigenvalue weighted by Crippen LogP contribution is 2.24. The summed E-state index contributed by atoms with van der Waals surface area (Å²) in [5, 5.41) is 9.79. The van der Waals surface area contributed by atoms with Crippen molar-refractivity contribution >= 4 is 23.2 Å². The molecule has 20 heavy (non-hydrogen) atoms. The Bertz CT molecular complexity index is 439. The van der Waals surface area contributed by atoms with E-state index in [-0.39, 0.29) is 17.7 Å². The SMILES string of the molecule is C[C@@H](NC(=O)C1CCCC1)C(=O)NCCc1ccsc1. The average Bonchev–Trinajstić information content (AvgIpc) is 3.11. The molecule has 1 heterocycles. The van der Waals surface area contributed by atoms with Gasteiger partial charge in [-0.3, -0.25) is 9.59 Å². The zero-order valence-electron chi connectivity index (χ0n) is 11.9. The maximum Gasteiger partial charge on any atom is 0.242 e. The van der Waals surface area contributed by atoms with Crippen molar-refractivity contribution in [2.24, 2.45) is 5.92 Å². The molecule has 1 fully saturated rings. The van der Waals surface area contributed by atoms with E-state index < -0.39 is 6.04 Å². The predicted octanol–water partition coefficient (Wildman–Crippen LogP) is 2.10. The van der Waals surface area contributed by atoms with Crippen LogP contribution in [-0.2, 0) is 16.0 Å². The summed E-state index contributed by atoms with van der Waals surface area (Å²) in [5.74, 6) is 0.0330. The van der Waals surface area contributed by atoms with Gasteiger partial charge < -0.3 is 10.6 Å². The van der Waals surface area contributed by atoms with Crippen LogP contribution in [0.15, 0.2) is 16.8 Å². The topological polar surface area (TPSA) is 58.2 Å². The number of rotatable bonds is 6. The zero-order chi connectivity index (χ0) is 14.4. The second-order valence-electron chi connectivity index (χ2n) is 5.38. The van der Waals surface area contributed by atoms with Gasteiger partial charge in [-0.05, 0) is 48.6 Å². The van der Waals surface area contributed by atoms with Crippen molar-refractivity contribution in [2.45, 2.75) is 45.1 Å². The lowest BCUT2D eigenvalue weighted by molar-refractivity contribution is -0.130. The lowest BCUT2D eigenvalue weighted by atomic mass is 10.1. The number of hydrogen-bond donors (Lipinski definition) is 2. The monoisotopic (exact) mass is 294 g/mol. The van der Waals surface area contributed by atoms with Gasteiger partial charge in [0.1, 0.15) is 6.04 Å². The minimum Gasteiger partial charge on any atom is -0.354 e. The van der Waals surface area contributed by atoms with E-state index in [4.69, 9.17) is 0 Å². The van der Waals surface area contributed by atoms with E-state index in [1.54, 1.807) is 18.3 Å². The molecule has 2 N–H and O–H groups in total. The van der Waals surface area contributed by atoms with E-state index in [0.717, 1.165) is 32.1 Å². The van der Waals surface area contributed by atoms with Gasteiger partial charge in [-0.1, -0.05) is 12.8 Å². The molecule has 0 aliphatic heterocycles. The van der Waals surface area contributed by atoms with E-state index in [1.807, 2.05) is 5.38 Å². The molecular weight excluding hydrogens is 272 g/mol. The first-order valence-corrected chi connectivity index (χ1v) is 8.20. The maximum atomic E-state index is 11.9. The number of hydrogen-bond acceptors (Lipinski definition) is 3. The van der Waals surface area contributed by atoms with E-state index >= 15 is 0 Å². The van der Waals surface area contributed by atoms with E-state index in [9.17, 15) is 9.59 Å². The number of nitrogens with one attached hydrogen (secondary N) is 2. The number of carbonyl (C=O) groups is 2. The van der Waals surface area contributed by atoms with Gasteiger partial charge in [-0.15, -0.1) is 0 Å². The quantitative estimate of drug-likeness (QED) is 0.844. The second-order valence-corrected chi connectivity index (χ2v) is 6.16. The van der Waals surface area contributed by atoms with Crippen LogP contribution >= 0.6 is 11.3 Å². The predicted molar refractivity (Wildman–Crippen MR) is 80.6 cm³/mol. The van der Waals surface area contributed by atoms with Gasteiger partial charge in [-0.2, -0.15) is 11.3 Å². The lowest BCUT2D eigenvalue weighted by Gasteiger charge is -2.16. The van der Waals surface area contributed by atoms with Crippen molar-refractivity contribution in [3.05, 3.63) is 22.4 Å². The minimum absolute atomic E-state index is 0.0305. The fourth-order valence-electron chi connectivity index (χ4n) is 2.50. The molecule has 0 unspecified atom stereocenters. The molecule has 1 atom stereocenters. The molecule has 1 aliphatic carbocycles. The third-order valence-electron chi connectivity index (χ3n) is 3.77. The first-order chi connectivity index (χ1) is 9.66. The van der Waals surface area contributed by atoms with Crippen LogP contribution in [0.3, 0.4) is 0 Å². The standard InChI is InChI=1S/C15H22N2O2S/c1-11(17-15(19)13-4-2-3-5-13)14(18)16-8-6-12-7-9-20-10-12/h7,9-11,13H,2-6,8H2,1H3,(H,16,18)(H,17,19)/t11-/m1/s1. The van der Waals surface area contributed by atoms with Crippen LogP contribution in [0, 0.1) is 5.92 Å². The average molecular weight is 294 g/mol. The number of thiophene rings is 1. The first-order valence-electron chi connectivity index (χ1n) is 7.26. The number of amides is 2. The lowest BCUT2D eigenvalue weighted by Crippen LogP contribution is -2.46. The van der Waals surface area contributed by atoms with Gasteiger partial charge in [0.15, 0.2) is 0 Å². The molecule has 1 aliphatic rings. The van der Waals surface area contributed by atoms with Crippen molar-refractivity contribution in [3.8, 4) is 0 Å². The van der Waals surface area contributed by atoms with Crippen LogP contribution in [0.4, 0.5) is 0 Å². The molecule has 1 saturated carbocycles. The van der Waals surface area contributed by atoms with Gasteiger partial charge >= 0.3 is 0 Å². The third kappa shape index (κ3) is 4.34. The molecule has 2 rings (SSSR count). The summed E-state index contributed by atoms with van der Waals surface area (Å²) in [6, 6.07) is 1.60. The fraction of sp³-hybridized carbons (Fsp3) is 0.600. The highest BCUT2D eigenvalue weighted by atomic mass is 32.1. The minimum atomic E-state index is -0.453. The Labute approximate surface area is 124 Å². The molecule has 0 aromatic carbocycles. The maximum absolute atomic E-state index is 11.9. The Morgan fingerprint density at radius 1 is 1.40 bits per heavy atom. The molecular formula is C15H22N2O2S. The zero-order valence-corrected chi connectivity index (χ0v) is 12.7. The van der Waals surface area contributed by atoms with Crippen molar-refractivity contribution in [1.29, 1.82) is 0 Å². The first kappa shape index (κ1) is 15.0. The van der Waals surface area contributed by atoms with Crippen LogP contribution < -0.4 is 10.6 Å². The van der Waals surface area contributed by atoms with Gasteiger partial charge in [0, 0.05) is 12.5 Å². The summed E-state index contributed by atoms with van der Waals surface area (Å²) >= 11 is 1.66. The molecule has 1 aromatic rings. The molecule has 0 spiro atoms. The van der Waals surface area contributed by atoms with E-state index in [0.29, 0.717) is 6.54 Å². The van der Waals surface area contributed by atoms with Crippen molar-refractivity contribution in [2.75, 3.05) is 6.54 Å². The smallest absolute Gasteiger partial charge is 0.242 e. The largest absolute Gasteiger partial charge is 0.354 e. The molecule has 4 nitrogen and oxygen atoms in total. The summed E-state index contributed by atoms with van der Waals surface area (Å²) in [4.78, 5) is 23.8. The normalized spacial score (nSPS) is 16.9. The van der Waals surface area contributed by atoms with Gasteiger partial charge in [-0.25, -0.2) is 0 Å². The summed E-state index contributed by atoms with van der Waals surface area (Å²) in [5.41, 5.74) is 1.23. The van der Waals surface area contributed by atoms with Gasteiger partial charge in [0.25, 0.3) is 0 Å². The summed E-state index contributed by atoms with van der Waals surface area (Å²) in [6.45, 7) is 2.35. The van der Waals surface area contributed by atoms with Crippen LogP contribution in [0.5, 0.6) is 0 Å². The van der Waals surface area contributed by atoms with Crippen LogP contribution in [-0.4, -0.2) is 24.4 Å². The van der Waals surface area contributed by atoms with E-state index in [1.165, 1.54) is 5.56 Å². The summed E-state index contributed by atoms with van der Waals surface area (Å²) in [7, 11) is 0. The Kier molecular flexibility index (Phi) is 5.59. The van der Waals surface area contributed by atoms with Crippen LogP contribution in [0.1, 0.15) is 38.2 Å². The van der Waals surface area contributed by atoms with E-state index in [2.05, 4.69) is 22.1 Å². The Morgan fingerprint density at radius 2 is 2.15 bits per heavy atom. The molecule has 2 amide bonds.